The summed E-state index contributed by atoms with van der Waals surface area (Å²) in [5.74, 6) is 0.567. The van der Waals surface area contributed by atoms with Crippen molar-refractivity contribution in [2.45, 2.75) is 12.8 Å². The zero-order chi connectivity index (χ0) is 13.9. The van der Waals surface area contributed by atoms with E-state index in [4.69, 9.17) is 11.6 Å². The monoisotopic (exact) mass is 286 g/mol. The fourth-order valence-electron chi connectivity index (χ4n) is 2.68. The highest BCUT2D eigenvalue weighted by Crippen LogP contribution is 2.27. The highest BCUT2D eigenvalue weighted by Gasteiger charge is 2.21. The van der Waals surface area contributed by atoms with E-state index in [-0.39, 0.29) is 0 Å². The first-order chi connectivity index (χ1) is 9.78. The number of halogens is 1. The van der Waals surface area contributed by atoms with Gasteiger partial charge in [0.2, 0.25) is 0 Å². The molecule has 1 fully saturated rings. The lowest BCUT2D eigenvalue weighted by Gasteiger charge is -2.23. The van der Waals surface area contributed by atoms with Crippen molar-refractivity contribution < 1.29 is 0 Å². The molecule has 20 heavy (non-hydrogen) atoms. The maximum atomic E-state index is 6.04. The molecule has 3 rings (SSSR count). The van der Waals surface area contributed by atoms with Crippen LogP contribution in [0.3, 0.4) is 0 Å². The van der Waals surface area contributed by atoms with E-state index in [9.17, 15) is 0 Å². The molecule has 0 aromatic heterocycles. The minimum Gasteiger partial charge on any atom is -0.352 e. The third-order valence-corrected chi connectivity index (χ3v) is 4.14. The molecule has 1 aliphatic rings. The molecule has 2 aromatic rings. The summed E-state index contributed by atoms with van der Waals surface area (Å²) in [7, 11) is 0. The Morgan fingerprint density at radius 1 is 0.950 bits per heavy atom. The summed E-state index contributed by atoms with van der Waals surface area (Å²) in [4.78, 5) is 4.81. The van der Waals surface area contributed by atoms with E-state index in [0.717, 1.165) is 19.8 Å². The Hall–Kier alpha value is -1.67. The topological polar surface area (TPSA) is 6.48 Å². The van der Waals surface area contributed by atoms with E-state index in [1.165, 1.54) is 22.5 Å². The molecule has 0 saturated carbocycles. The Morgan fingerprint density at radius 2 is 1.65 bits per heavy atom. The zero-order valence-corrected chi connectivity index (χ0v) is 12.5. The molecule has 0 unspecified atom stereocenters. The lowest BCUT2D eigenvalue weighted by atomic mass is 10.2. The van der Waals surface area contributed by atoms with Crippen molar-refractivity contribution >= 4 is 23.0 Å². The maximum Gasteiger partial charge on any atom is 0.0904 e. The van der Waals surface area contributed by atoms with E-state index in [1.807, 2.05) is 0 Å². The van der Waals surface area contributed by atoms with Gasteiger partial charge in [-0.05, 0) is 30.7 Å². The second-order valence-corrected chi connectivity index (χ2v) is 5.53. The van der Waals surface area contributed by atoms with Gasteiger partial charge in [0.05, 0.1) is 6.67 Å². The molecule has 2 nitrogen and oxygen atoms in total. The lowest BCUT2D eigenvalue weighted by Crippen LogP contribution is -2.25. The molecule has 1 heterocycles. The van der Waals surface area contributed by atoms with Crippen LogP contribution in [-0.4, -0.2) is 19.8 Å². The first kappa shape index (κ1) is 13.3. The highest BCUT2D eigenvalue weighted by atomic mass is 35.5. The fourth-order valence-corrected chi connectivity index (χ4v) is 2.91. The molecule has 0 radical (unpaired) electrons. The van der Waals surface area contributed by atoms with Gasteiger partial charge in [0, 0.05) is 30.3 Å². The first-order valence-corrected chi connectivity index (χ1v) is 7.52. The minimum absolute atomic E-state index is 0.567. The van der Waals surface area contributed by atoms with Gasteiger partial charge < -0.3 is 9.80 Å². The first-order valence-electron chi connectivity index (χ1n) is 6.98. The molecule has 0 amide bonds. The lowest BCUT2D eigenvalue weighted by molar-refractivity contribution is 0.943. The van der Waals surface area contributed by atoms with Gasteiger partial charge in [0.15, 0.2) is 0 Å². The van der Waals surface area contributed by atoms with Crippen molar-refractivity contribution in [3.05, 3.63) is 59.7 Å². The number of rotatable bonds is 3. The Labute approximate surface area is 125 Å². The average molecular weight is 287 g/mol. The molecule has 1 saturated heterocycles. The van der Waals surface area contributed by atoms with Crippen LogP contribution < -0.4 is 9.80 Å². The van der Waals surface area contributed by atoms with E-state index in [0.29, 0.717) is 5.88 Å². The van der Waals surface area contributed by atoms with Crippen molar-refractivity contribution in [3.63, 3.8) is 0 Å². The van der Waals surface area contributed by atoms with Crippen LogP contribution in [0, 0.1) is 6.92 Å². The van der Waals surface area contributed by atoms with Crippen LogP contribution in [0.1, 0.15) is 11.1 Å². The van der Waals surface area contributed by atoms with E-state index < -0.39 is 0 Å². The van der Waals surface area contributed by atoms with Gasteiger partial charge in [0.1, 0.15) is 0 Å². The van der Waals surface area contributed by atoms with Crippen molar-refractivity contribution in [3.8, 4) is 0 Å². The fraction of sp³-hybridized carbons (Fsp3) is 0.294. The van der Waals surface area contributed by atoms with Crippen molar-refractivity contribution in [1.29, 1.82) is 0 Å². The molecule has 0 atom stereocenters. The van der Waals surface area contributed by atoms with Crippen LogP contribution in [0.2, 0.25) is 0 Å². The number of hydrogen-bond acceptors (Lipinski definition) is 2. The summed E-state index contributed by atoms with van der Waals surface area (Å²) >= 11 is 6.04. The van der Waals surface area contributed by atoms with E-state index >= 15 is 0 Å². The van der Waals surface area contributed by atoms with Gasteiger partial charge in [-0.25, -0.2) is 0 Å². The third-order valence-electron chi connectivity index (χ3n) is 3.86. The number of anilines is 2. The zero-order valence-electron chi connectivity index (χ0n) is 11.7. The number of benzene rings is 2. The summed E-state index contributed by atoms with van der Waals surface area (Å²) in [6, 6.07) is 17.1. The Balaban J connectivity index is 1.78. The summed E-state index contributed by atoms with van der Waals surface area (Å²) in [5.41, 5.74) is 5.07. The van der Waals surface area contributed by atoms with Gasteiger partial charge in [-0.15, -0.1) is 11.6 Å². The smallest absolute Gasteiger partial charge is 0.0904 e. The maximum absolute atomic E-state index is 6.04. The predicted molar refractivity (Wildman–Crippen MR) is 86.7 cm³/mol. The number of para-hydroxylation sites is 1. The highest BCUT2D eigenvalue weighted by molar-refractivity contribution is 6.17. The third kappa shape index (κ3) is 2.61. The van der Waals surface area contributed by atoms with Crippen molar-refractivity contribution in [2.75, 3.05) is 29.6 Å². The summed E-state index contributed by atoms with van der Waals surface area (Å²) < 4.78 is 0. The predicted octanol–water partition coefficient (Wildman–Crippen LogP) is 4.02. The van der Waals surface area contributed by atoms with Gasteiger partial charge >= 0.3 is 0 Å². The standard InChI is InChI=1S/C17H19ClN2/c1-14-6-8-16(9-7-14)19-10-11-20(13-19)17-5-3-2-4-15(17)12-18/h2-9H,10-13H2,1H3. The number of alkyl halides is 1. The molecule has 1 aliphatic heterocycles. The van der Waals surface area contributed by atoms with Crippen LogP contribution in [0.15, 0.2) is 48.5 Å². The number of hydrogen-bond donors (Lipinski definition) is 0. The van der Waals surface area contributed by atoms with Gasteiger partial charge in [-0.1, -0.05) is 35.9 Å². The molecule has 0 aliphatic carbocycles. The van der Waals surface area contributed by atoms with Crippen molar-refractivity contribution in [2.24, 2.45) is 0 Å². The SMILES string of the molecule is Cc1ccc(N2CCN(c3ccccc3CCl)C2)cc1. The molecule has 3 heteroatoms. The van der Waals surface area contributed by atoms with Crippen LogP contribution in [0.4, 0.5) is 11.4 Å². The van der Waals surface area contributed by atoms with Gasteiger partial charge in [0.25, 0.3) is 0 Å². The van der Waals surface area contributed by atoms with Crippen LogP contribution >= 0.6 is 11.6 Å². The molecular weight excluding hydrogens is 268 g/mol. The summed E-state index contributed by atoms with van der Waals surface area (Å²) in [6.45, 7) is 5.15. The molecule has 0 bridgehead atoms. The number of nitrogens with zero attached hydrogens (tertiary/aromatic N) is 2. The molecule has 0 spiro atoms. The van der Waals surface area contributed by atoms with Crippen LogP contribution in [-0.2, 0) is 5.88 Å². The molecule has 104 valence electrons. The van der Waals surface area contributed by atoms with Crippen LogP contribution in [0.5, 0.6) is 0 Å². The van der Waals surface area contributed by atoms with Gasteiger partial charge in [-0.2, -0.15) is 0 Å². The average Bonchev–Trinajstić information content (AvgIpc) is 2.97. The molecule has 0 N–H and O–H groups in total. The van der Waals surface area contributed by atoms with Gasteiger partial charge in [-0.3, -0.25) is 0 Å². The summed E-state index contributed by atoms with van der Waals surface area (Å²) in [5, 5.41) is 0. The quantitative estimate of drug-likeness (QED) is 0.787. The molecular formula is C17H19ClN2. The Kier molecular flexibility index (Phi) is 3.83. The number of aryl methyl sites for hydroxylation is 1. The van der Waals surface area contributed by atoms with Crippen molar-refractivity contribution in [1.82, 2.24) is 0 Å². The second-order valence-electron chi connectivity index (χ2n) is 5.27. The normalized spacial score (nSPS) is 14.9. The largest absolute Gasteiger partial charge is 0.352 e. The van der Waals surface area contributed by atoms with Crippen LogP contribution in [0.25, 0.3) is 0 Å². The summed E-state index contributed by atoms with van der Waals surface area (Å²) in [6.07, 6.45) is 0. The Morgan fingerprint density at radius 3 is 2.40 bits per heavy atom. The van der Waals surface area contributed by atoms with E-state index in [2.05, 4.69) is 65.3 Å². The second kappa shape index (κ2) is 5.76. The molecule has 2 aromatic carbocycles. The Bertz CT molecular complexity index is 580. The van der Waals surface area contributed by atoms with E-state index in [1.54, 1.807) is 0 Å². The minimum atomic E-state index is 0.567.